The number of hydrogen-bond acceptors (Lipinski definition) is 3. The Kier molecular flexibility index (Phi) is 3.34. The topological polar surface area (TPSA) is 51.3 Å². The molecule has 3 rings (SSSR count). The van der Waals surface area contributed by atoms with E-state index >= 15 is 0 Å². The summed E-state index contributed by atoms with van der Waals surface area (Å²) >= 11 is 0. The maximum Gasteiger partial charge on any atom is 0.289 e. The van der Waals surface area contributed by atoms with E-state index in [4.69, 9.17) is 4.42 Å². The van der Waals surface area contributed by atoms with Crippen LogP contribution >= 0.6 is 0 Å². The van der Waals surface area contributed by atoms with E-state index in [-0.39, 0.29) is 5.91 Å². The Balaban J connectivity index is 1.73. The van der Waals surface area contributed by atoms with Gasteiger partial charge in [-0.15, -0.1) is 0 Å². The summed E-state index contributed by atoms with van der Waals surface area (Å²) in [5.41, 5.74) is 2.08. The van der Waals surface area contributed by atoms with Crippen LogP contribution in [0.3, 0.4) is 0 Å². The molecule has 0 aromatic carbocycles. The second kappa shape index (κ2) is 5.15. The molecule has 0 N–H and O–H groups in total. The number of furan rings is 1. The van der Waals surface area contributed by atoms with Gasteiger partial charge < -0.3 is 9.32 Å². The van der Waals surface area contributed by atoms with Gasteiger partial charge in [0, 0.05) is 18.8 Å². The summed E-state index contributed by atoms with van der Waals surface area (Å²) in [7, 11) is 0. The minimum Gasteiger partial charge on any atom is -0.454 e. The highest BCUT2D eigenvalue weighted by Gasteiger charge is 2.22. The van der Waals surface area contributed by atoms with Gasteiger partial charge in [-0.05, 0) is 44.9 Å². The highest BCUT2D eigenvalue weighted by molar-refractivity contribution is 5.91. The summed E-state index contributed by atoms with van der Waals surface area (Å²) in [6.45, 7) is 6.22. The van der Waals surface area contributed by atoms with E-state index in [2.05, 4.69) is 5.10 Å². The second-order valence-corrected chi connectivity index (χ2v) is 5.35. The largest absolute Gasteiger partial charge is 0.454 e. The minimum atomic E-state index is 0.00196. The third-order valence-corrected chi connectivity index (χ3v) is 3.67. The van der Waals surface area contributed by atoms with Gasteiger partial charge in [-0.1, -0.05) is 0 Å². The molecule has 0 unspecified atom stereocenters. The van der Waals surface area contributed by atoms with Crippen LogP contribution in [-0.4, -0.2) is 33.7 Å². The SMILES string of the molecule is Cc1cc(C)n(Cc2ccc(C(=O)N3CCCC3)o2)n1. The van der Waals surface area contributed by atoms with Crippen LogP contribution in [-0.2, 0) is 6.54 Å². The van der Waals surface area contributed by atoms with Crippen LogP contribution in [0.15, 0.2) is 22.6 Å². The number of hydrogen-bond donors (Lipinski definition) is 0. The molecule has 3 heterocycles. The summed E-state index contributed by atoms with van der Waals surface area (Å²) in [4.78, 5) is 14.0. The van der Waals surface area contributed by atoms with E-state index in [1.165, 1.54) is 0 Å². The molecule has 1 aliphatic heterocycles. The van der Waals surface area contributed by atoms with E-state index in [0.717, 1.165) is 43.1 Å². The molecular weight excluding hydrogens is 254 g/mol. The molecule has 1 aliphatic rings. The van der Waals surface area contributed by atoms with Crippen molar-refractivity contribution in [2.75, 3.05) is 13.1 Å². The van der Waals surface area contributed by atoms with Crippen molar-refractivity contribution in [3.8, 4) is 0 Å². The Bertz CT molecular complexity index is 621. The van der Waals surface area contributed by atoms with Gasteiger partial charge >= 0.3 is 0 Å². The van der Waals surface area contributed by atoms with Crippen LogP contribution in [0.1, 0.15) is 40.5 Å². The van der Waals surface area contributed by atoms with Gasteiger partial charge in [0.15, 0.2) is 5.76 Å². The van der Waals surface area contributed by atoms with Crippen LogP contribution in [0.2, 0.25) is 0 Å². The summed E-state index contributed by atoms with van der Waals surface area (Å²) in [6.07, 6.45) is 2.18. The number of rotatable bonds is 3. The van der Waals surface area contributed by atoms with Crippen LogP contribution in [0, 0.1) is 13.8 Å². The Labute approximate surface area is 118 Å². The van der Waals surface area contributed by atoms with Gasteiger partial charge in [-0.2, -0.15) is 5.10 Å². The highest BCUT2D eigenvalue weighted by Crippen LogP contribution is 2.16. The number of carbonyl (C=O) groups excluding carboxylic acids is 1. The fraction of sp³-hybridized carbons (Fsp3) is 0.467. The van der Waals surface area contributed by atoms with E-state index in [0.29, 0.717) is 12.3 Å². The van der Waals surface area contributed by atoms with Crippen LogP contribution < -0.4 is 0 Å². The van der Waals surface area contributed by atoms with Crippen LogP contribution in [0.4, 0.5) is 0 Å². The zero-order valence-electron chi connectivity index (χ0n) is 11.9. The summed E-state index contributed by atoms with van der Waals surface area (Å²) in [5.74, 6) is 1.20. The van der Waals surface area contributed by atoms with Crippen molar-refractivity contribution in [2.45, 2.75) is 33.2 Å². The molecule has 5 nitrogen and oxygen atoms in total. The fourth-order valence-corrected chi connectivity index (χ4v) is 2.64. The molecule has 1 saturated heterocycles. The van der Waals surface area contributed by atoms with Crippen molar-refractivity contribution >= 4 is 5.91 Å². The Morgan fingerprint density at radius 2 is 2.05 bits per heavy atom. The van der Waals surface area contributed by atoms with Gasteiger partial charge in [0.05, 0.1) is 12.2 Å². The van der Waals surface area contributed by atoms with Crippen molar-refractivity contribution in [3.63, 3.8) is 0 Å². The first-order valence-corrected chi connectivity index (χ1v) is 7.02. The zero-order valence-corrected chi connectivity index (χ0v) is 11.9. The van der Waals surface area contributed by atoms with Gasteiger partial charge in [0.2, 0.25) is 0 Å². The number of carbonyl (C=O) groups is 1. The summed E-state index contributed by atoms with van der Waals surface area (Å²) in [6, 6.07) is 5.65. The smallest absolute Gasteiger partial charge is 0.289 e. The van der Waals surface area contributed by atoms with E-state index < -0.39 is 0 Å². The van der Waals surface area contributed by atoms with Gasteiger partial charge in [-0.3, -0.25) is 9.48 Å². The lowest BCUT2D eigenvalue weighted by atomic mass is 10.3. The lowest BCUT2D eigenvalue weighted by Crippen LogP contribution is -2.27. The number of nitrogens with zero attached hydrogens (tertiary/aromatic N) is 3. The zero-order chi connectivity index (χ0) is 14.1. The molecule has 2 aromatic heterocycles. The number of likely N-dealkylation sites (tertiary alicyclic amines) is 1. The molecule has 0 atom stereocenters. The standard InChI is InChI=1S/C15H19N3O2/c1-11-9-12(2)18(16-11)10-13-5-6-14(20-13)15(19)17-7-3-4-8-17/h5-6,9H,3-4,7-8,10H2,1-2H3. The molecule has 1 fully saturated rings. The summed E-state index contributed by atoms with van der Waals surface area (Å²) in [5, 5.41) is 4.40. The molecule has 0 bridgehead atoms. The molecule has 5 heteroatoms. The van der Waals surface area contributed by atoms with Crippen molar-refractivity contribution in [1.29, 1.82) is 0 Å². The quantitative estimate of drug-likeness (QED) is 0.862. The molecule has 2 aromatic rings. The predicted octanol–water partition coefficient (Wildman–Crippen LogP) is 2.38. The van der Waals surface area contributed by atoms with Crippen LogP contribution in [0.25, 0.3) is 0 Å². The van der Waals surface area contributed by atoms with Gasteiger partial charge in [0.1, 0.15) is 5.76 Å². The van der Waals surface area contributed by atoms with E-state index in [1.54, 1.807) is 6.07 Å². The first-order valence-electron chi connectivity index (χ1n) is 7.02. The Morgan fingerprint density at radius 1 is 1.30 bits per heavy atom. The summed E-state index contributed by atoms with van der Waals surface area (Å²) < 4.78 is 7.56. The second-order valence-electron chi connectivity index (χ2n) is 5.35. The lowest BCUT2D eigenvalue weighted by molar-refractivity contribution is 0.0759. The monoisotopic (exact) mass is 273 g/mol. The molecule has 0 radical (unpaired) electrons. The van der Waals surface area contributed by atoms with Crippen molar-refractivity contribution < 1.29 is 9.21 Å². The lowest BCUT2D eigenvalue weighted by Gasteiger charge is -2.12. The average molecular weight is 273 g/mol. The maximum atomic E-state index is 12.2. The molecule has 20 heavy (non-hydrogen) atoms. The van der Waals surface area contributed by atoms with Crippen LogP contribution in [0.5, 0.6) is 0 Å². The van der Waals surface area contributed by atoms with E-state index in [9.17, 15) is 4.79 Å². The highest BCUT2D eigenvalue weighted by atomic mass is 16.4. The molecule has 1 amide bonds. The fourth-order valence-electron chi connectivity index (χ4n) is 2.64. The molecule has 106 valence electrons. The minimum absolute atomic E-state index is 0.00196. The molecule has 0 aliphatic carbocycles. The van der Waals surface area contributed by atoms with Crippen molar-refractivity contribution in [1.82, 2.24) is 14.7 Å². The normalized spacial score (nSPS) is 15.0. The molecule has 0 saturated carbocycles. The van der Waals surface area contributed by atoms with Gasteiger partial charge in [-0.25, -0.2) is 0 Å². The maximum absolute atomic E-state index is 12.2. The number of amides is 1. The third-order valence-electron chi connectivity index (χ3n) is 3.67. The third kappa shape index (κ3) is 2.48. The Hall–Kier alpha value is -2.04. The molecule has 0 spiro atoms. The predicted molar refractivity (Wildman–Crippen MR) is 74.6 cm³/mol. The molecular formula is C15H19N3O2. The first-order chi connectivity index (χ1) is 9.63. The Morgan fingerprint density at radius 3 is 2.70 bits per heavy atom. The average Bonchev–Trinajstić information content (AvgIpc) is 3.12. The first kappa shape index (κ1) is 13.0. The van der Waals surface area contributed by atoms with Crippen molar-refractivity contribution in [2.24, 2.45) is 0 Å². The number of aryl methyl sites for hydroxylation is 2. The van der Waals surface area contributed by atoms with Gasteiger partial charge in [0.25, 0.3) is 5.91 Å². The van der Waals surface area contributed by atoms with Crippen molar-refractivity contribution in [3.05, 3.63) is 41.1 Å². The van der Waals surface area contributed by atoms with E-state index in [1.807, 2.05) is 35.6 Å². The number of aromatic nitrogens is 2.